The molecule has 0 saturated heterocycles. The van der Waals surface area contributed by atoms with E-state index in [0.29, 0.717) is 0 Å². The summed E-state index contributed by atoms with van der Waals surface area (Å²) in [6, 6.07) is 8.13. The molecule has 2 aromatic rings. The molecule has 3 N–H and O–H groups in total. The van der Waals surface area contributed by atoms with Gasteiger partial charge in [-0.3, -0.25) is 5.01 Å². The van der Waals surface area contributed by atoms with E-state index in [1.165, 1.54) is 0 Å². The minimum atomic E-state index is -0.810. The van der Waals surface area contributed by atoms with Gasteiger partial charge in [0.25, 0.3) is 0 Å². The van der Waals surface area contributed by atoms with Crippen LogP contribution in [0.1, 0.15) is 37.5 Å². The van der Waals surface area contributed by atoms with Gasteiger partial charge in [0.05, 0.1) is 5.56 Å². The summed E-state index contributed by atoms with van der Waals surface area (Å²) in [5.41, 5.74) is 12.3. The summed E-state index contributed by atoms with van der Waals surface area (Å²) in [5, 5.41) is 2.02. The molecule has 3 rings (SSSR count). The summed E-state index contributed by atoms with van der Waals surface area (Å²) in [4.78, 5) is 8.60. The zero-order valence-corrected chi connectivity index (χ0v) is 12.9. The van der Waals surface area contributed by atoms with E-state index in [2.05, 4.69) is 49.2 Å². The average molecular weight is 283 g/mol. The Morgan fingerprint density at radius 1 is 1.19 bits per heavy atom. The van der Waals surface area contributed by atoms with Gasteiger partial charge in [-0.05, 0) is 38.8 Å². The molecule has 0 bridgehead atoms. The number of benzene rings is 1. The smallest absolute Gasteiger partial charge is 0.153 e. The summed E-state index contributed by atoms with van der Waals surface area (Å²) in [6.07, 6.45) is 3.36. The monoisotopic (exact) mass is 283 g/mol. The summed E-state index contributed by atoms with van der Waals surface area (Å²) >= 11 is 0. The van der Waals surface area contributed by atoms with Crippen LogP contribution in [0.3, 0.4) is 0 Å². The quantitative estimate of drug-likeness (QED) is 0.838. The molecule has 2 heterocycles. The number of anilines is 1. The molecule has 0 radical (unpaired) electrons. The molecule has 1 unspecified atom stereocenters. The third kappa shape index (κ3) is 2.09. The Bertz CT molecular complexity index is 676. The molecule has 5 heteroatoms. The van der Waals surface area contributed by atoms with Gasteiger partial charge in [-0.15, -0.1) is 0 Å². The van der Waals surface area contributed by atoms with Crippen molar-refractivity contribution in [3.8, 4) is 0 Å². The minimum Gasteiger partial charge on any atom is -0.304 e. The lowest BCUT2D eigenvalue weighted by Crippen LogP contribution is -2.58. The highest BCUT2D eigenvalue weighted by atomic mass is 15.6. The molecule has 0 fully saturated rings. The predicted octanol–water partition coefficient (Wildman–Crippen LogP) is 2.07. The fourth-order valence-electron chi connectivity index (χ4n) is 2.78. The maximum absolute atomic E-state index is 6.75. The third-order valence-electron chi connectivity index (χ3n) is 3.86. The second kappa shape index (κ2) is 4.51. The lowest BCUT2D eigenvalue weighted by atomic mass is 9.91. The molecule has 0 aliphatic carbocycles. The van der Waals surface area contributed by atoms with E-state index in [4.69, 9.17) is 5.73 Å². The second-order valence-electron chi connectivity index (χ2n) is 6.50. The van der Waals surface area contributed by atoms with E-state index in [0.717, 1.165) is 22.5 Å². The number of nitrogens with zero attached hydrogens (tertiary/aromatic N) is 3. The molecule has 0 amide bonds. The van der Waals surface area contributed by atoms with Crippen LogP contribution in [0.2, 0.25) is 0 Å². The molecule has 0 spiro atoms. The van der Waals surface area contributed by atoms with Gasteiger partial charge in [-0.1, -0.05) is 24.3 Å². The van der Waals surface area contributed by atoms with Crippen molar-refractivity contribution in [2.24, 2.45) is 5.73 Å². The van der Waals surface area contributed by atoms with Crippen molar-refractivity contribution in [1.82, 2.24) is 15.4 Å². The van der Waals surface area contributed by atoms with Crippen molar-refractivity contribution in [2.75, 3.05) is 5.01 Å². The van der Waals surface area contributed by atoms with Gasteiger partial charge in [0.2, 0.25) is 0 Å². The Morgan fingerprint density at radius 3 is 2.57 bits per heavy atom. The molecule has 1 aliphatic heterocycles. The molecule has 1 aliphatic rings. The van der Waals surface area contributed by atoms with E-state index in [-0.39, 0.29) is 5.54 Å². The van der Waals surface area contributed by atoms with Crippen LogP contribution in [0.5, 0.6) is 0 Å². The number of nitrogens with one attached hydrogen (secondary N) is 1. The number of aromatic nitrogens is 2. The van der Waals surface area contributed by atoms with E-state index in [9.17, 15) is 0 Å². The topological polar surface area (TPSA) is 67.1 Å². The van der Waals surface area contributed by atoms with Crippen molar-refractivity contribution in [3.05, 3.63) is 53.5 Å². The molecular formula is C16H21N5. The van der Waals surface area contributed by atoms with Gasteiger partial charge in [0, 0.05) is 11.7 Å². The predicted molar refractivity (Wildman–Crippen MR) is 83.5 cm³/mol. The Kier molecular flexibility index (Phi) is 3.00. The van der Waals surface area contributed by atoms with Gasteiger partial charge in [0.1, 0.15) is 12.0 Å². The van der Waals surface area contributed by atoms with E-state index in [1.807, 2.05) is 23.2 Å². The van der Waals surface area contributed by atoms with E-state index in [1.54, 1.807) is 12.5 Å². The van der Waals surface area contributed by atoms with E-state index >= 15 is 0 Å². The van der Waals surface area contributed by atoms with Gasteiger partial charge in [-0.25, -0.2) is 15.4 Å². The number of nitrogens with two attached hydrogens (primary N) is 1. The first-order chi connectivity index (χ1) is 9.84. The van der Waals surface area contributed by atoms with Crippen LogP contribution in [0.4, 0.5) is 5.82 Å². The molecule has 1 atom stereocenters. The second-order valence-corrected chi connectivity index (χ2v) is 6.50. The van der Waals surface area contributed by atoms with Crippen molar-refractivity contribution >= 4 is 5.82 Å². The Morgan fingerprint density at radius 2 is 1.90 bits per heavy atom. The molecular weight excluding hydrogens is 262 g/mol. The van der Waals surface area contributed by atoms with Crippen molar-refractivity contribution < 1.29 is 0 Å². The molecule has 21 heavy (non-hydrogen) atoms. The summed E-state index contributed by atoms with van der Waals surface area (Å²) in [6.45, 7) is 8.43. The van der Waals surface area contributed by atoms with Gasteiger partial charge >= 0.3 is 0 Å². The zero-order valence-electron chi connectivity index (χ0n) is 12.9. The highest BCUT2D eigenvalue weighted by molar-refractivity contribution is 5.60. The van der Waals surface area contributed by atoms with Crippen LogP contribution in [0, 0.1) is 6.92 Å². The first-order valence-electron chi connectivity index (χ1n) is 7.07. The lowest BCUT2D eigenvalue weighted by molar-refractivity contribution is 0.362. The number of rotatable bonds is 1. The highest BCUT2D eigenvalue weighted by Crippen LogP contribution is 2.40. The first-order valence-corrected chi connectivity index (χ1v) is 7.07. The maximum atomic E-state index is 6.75. The fraction of sp³-hybridized carbons (Fsp3) is 0.375. The third-order valence-corrected chi connectivity index (χ3v) is 3.86. The lowest BCUT2D eigenvalue weighted by Gasteiger charge is -2.36. The SMILES string of the molecule is Cc1ccccc1C1(N)NN(C(C)(C)C)c2ncncc21. The van der Waals surface area contributed by atoms with Gasteiger partial charge in [0.15, 0.2) is 5.82 Å². The van der Waals surface area contributed by atoms with Crippen LogP contribution in [0.25, 0.3) is 0 Å². The normalized spacial score (nSPS) is 21.5. The summed E-state index contributed by atoms with van der Waals surface area (Å²) in [7, 11) is 0. The highest BCUT2D eigenvalue weighted by Gasteiger charge is 2.45. The van der Waals surface area contributed by atoms with Gasteiger partial charge in [-0.2, -0.15) is 0 Å². The number of hydrazine groups is 1. The number of fused-ring (bicyclic) bond motifs is 1. The van der Waals surface area contributed by atoms with Crippen molar-refractivity contribution in [3.63, 3.8) is 0 Å². The summed E-state index contributed by atoms with van der Waals surface area (Å²) < 4.78 is 0. The first kappa shape index (κ1) is 14.0. The van der Waals surface area contributed by atoms with Crippen LogP contribution in [-0.4, -0.2) is 15.5 Å². The van der Waals surface area contributed by atoms with Crippen LogP contribution < -0.4 is 16.2 Å². The van der Waals surface area contributed by atoms with Crippen molar-refractivity contribution in [2.45, 2.75) is 38.9 Å². The minimum absolute atomic E-state index is 0.146. The van der Waals surface area contributed by atoms with E-state index < -0.39 is 5.66 Å². The average Bonchev–Trinajstić information content (AvgIpc) is 2.74. The molecule has 5 nitrogen and oxygen atoms in total. The number of hydrogen-bond donors (Lipinski definition) is 2. The standard InChI is InChI=1S/C16H21N5/c1-11-7-5-6-8-12(11)16(17)13-9-18-10-19-14(13)21(20-16)15(2,3)4/h5-10,20H,17H2,1-4H3. The Hall–Kier alpha value is -1.98. The Labute approximate surface area is 125 Å². The van der Waals surface area contributed by atoms with Crippen LogP contribution >= 0.6 is 0 Å². The van der Waals surface area contributed by atoms with Gasteiger partial charge < -0.3 is 5.73 Å². The summed E-state index contributed by atoms with van der Waals surface area (Å²) in [5.74, 6) is 0.836. The molecule has 0 saturated carbocycles. The van der Waals surface area contributed by atoms with Crippen LogP contribution in [0.15, 0.2) is 36.8 Å². The number of aryl methyl sites for hydroxylation is 1. The fourth-order valence-corrected chi connectivity index (χ4v) is 2.78. The van der Waals surface area contributed by atoms with Crippen LogP contribution in [-0.2, 0) is 5.66 Å². The maximum Gasteiger partial charge on any atom is 0.153 e. The molecule has 1 aromatic heterocycles. The zero-order chi connectivity index (χ0) is 15.3. The Balaban J connectivity index is 2.20. The number of hydrogen-bond acceptors (Lipinski definition) is 5. The molecule has 110 valence electrons. The van der Waals surface area contributed by atoms with Crippen molar-refractivity contribution in [1.29, 1.82) is 0 Å². The molecule has 1 aromatic carbocycles. The largest absolute Gasteiger partial charge is 0.304 e.